The van der Waals surface area contributed by atoms with E-state index in [4.69, 9.17) is 5.11 Å². The largest absolute Gasteiger partial charge is 0.478 e. The molecule has 1 aromatic heterocycles. The number of nitrogens with zero attached hydrogens (tertiary/aromatic N) is 2. The van der Waals surface area contributed by atoms with Gasteiger partial charge in [0.25, 0.3) is 0 Å². The number of rotatable bonds is 3. The number of carbonyl (C=O) groups is 1. The van der Waals surface area contributed by atoms with Crippen LogP contribution >= 0.6 is 23.3 Å². The highest BCUT2D eigenvalue weighted by Gasteiger charge is 2.08. The van der Waals surface area contributed by atoms with E-state index in [1.165, 1.54) is 29.6 Å². The molecule has 82 valence electrons. The lowest BCUT2D eigenvalue weighted by atomic mass is 10.1. The number of hydrogen-bond donors (Lipinski definition) is 1. The van der Waals surface area contributed by atoms with E-state index in [2.05, 4.69) is 9.36 Å². The molecule has 0 aliphatic rings. The van der Waals surface area contributed by atoms with Gasteiger partial charge in [0.15, 0.2) is 4.34 Å². The summed E-state index contributed by atoms with van der Waals surface area (Å²) < 4.78 is 4.75. The van der Waals surface area contributed by atoms with E-state index >= 15 is 0 Å². The minimum absolute atomic E-state index is 0.335. The van der Waals surface area contributed by atoms with E-state index < -0.39 is 5.97 Å². The van der Waals surface area contributed by atoms with Gasteiger partial charge in [0, 0.05) is 4.90 Å². The molecular formula is C10H8N2O2S2. The summed E-state index contributed by atoms with van der Waals surface area (Å²) in [5.41, 5.74) is 1.09. The molecule has 0 aliphatic carbocycles. The van der Waals surface area contributed by atoms with E-state index in [0.717, 1.165) is 14.8 Å². The molecule has 0 unspecified atom stereocenters. The topological polar surface area (TPSA) is 63.1 Å². The Hall–Kier alpha value is -1.40. The molecule has 4 nitrogen and oxygen atoms in total. The first kappa shape index (κ1) is 11.1. The summed E-state index contributed by atoms with van der Waals surface area (Å²) in [5.74, 6) is -0.898. The van der Waals surface area contributed by atoms with Gasteiger partial charge in [0.05, 0.1) is 5.56 Å². The summed E-state index contributed by atoms with van der Waals surface area (Å²) in [6, 6.07) is 5.24. The van der Waals surface area contributed by atoms with Crippen molar-refractivity contribution in [1.82, 2.24) is 9.36 Å². The first-order chi connectivity index (χ1) is 7.66. The van der Waals surface area contributed by atoms with Crippen molar-refractivity contribution in [3.05, 3.63) is 35.7 Å². The maximum absolute atomic E-state index is 10.8. The van der Waals surface area contributed by atoms with Gasteiger partial charge in [0.2, 0.25) is 0 Å². The summed E-state index contributed by atoms with van der Waals surface area (Å²) >= 11 is 2.80. The molecule has 0 saturated heterocycles. The van der Waals surface area contributed by atoms with Gasteiger partial charge in [-0.15, -0.1) is 0 Å². The van der Waals surface area contributed by atoms with Crippen LogP contribution in [-0.4, -0.2) is 20.4 Å². The van der Waals surface area contributed by atoms with E-state index in [-0.39, 0.29) is 0 Å². The third-order valence-corrected chi connectivity index (χ3v) is 3.68. The summed E-state index contributed by atoms with van der Waals surface area (Å²) in [5, 5.41) is 8.89. The van der Waals surface area contributed by atoms with Gasteiger partial charge in [-0.1, -0.05) is 11.8 Å². The van der Waals surface area contributed by atoms with Crippen molar-refractivity contribution >= 4 is 29.3 Å². The normalized spacial score (nSPS) is 10.3. The fourth-order valence-electron chi connectivity index (χ4n) is 1.25. The van der Waals surface area contributed by atoms with Crippen LogP contribution in [0, 0.1) is 6.92 Å². The van der Waals surface area contributed by atoms with Crippen LogP contribution < -0.4 is 0 Å². The summed E-state index contributed by atoms with van der Waals surface area (Å²) in [6.07, 6.45) is 1.51. The smallest absolute Gasteiger partial charge is 0.335 e. The minimum atomic E-state index is -0.898. The van der Waals surface area contributed by atoms with Crippen molar-refractivity contribution in [2.24, 2.45) is 0 Å². The van der Waals surface area contributed by atoms with E-state index in [1.807, 2.05) is 6.07 Å². The zero-order valence-electron chi connectivity index (χ0n) is 8.38. The van der Waals surface area contributed by atoms with Crippen LogP contribution in [0.1, 0.15) is 15.9 Å². The van der Waals surface area contributed by atoms with Crippen LogP contribution in [0.25, 0.3) is 0 Å². The Morgan fingerprint density at radius 1 is 1.50 bits per heavy atom. The molecule has 16 heavy (non-hydrogen) atoms. The van der Waals surface area contributed by atoms with E-state index in [1.54, 1.807) is 19.1 Å². The average molecular weight is 252 g/mol. The molecule has 1 aromatic carbocycles. The Bertz CT molecular complexity index is 512. The number of carboxylic acids is 1. The van der Waals surface area contributed by atoms with Crippen LogP contribution in [0.4, 0.5) is 0 Å². The van der Waals surface area contributed by atoms with Crippen LogP contribution in [0.15, 0.2) is 33.8 Å². The van der Waals surface area contributed by atoms with Crippen molar-refractivity contribution in [3.63, 3.8) is 0 Å². The number of hydrogen-bond acceptors (Lipinski definition) is 5. The molecular weight excluding hydrogens is 244 g/mol. The van der Waals surface area contributed by atoms with Gasteiger partial charge in [-0.05, 0) is 42.2 Å². The predicted octanol–water partition coefficient (Wildman–Crippen LogP) is 2.70. The molecule has 0 bridgehead atoms. The quantitative estimate of drug-likeness (QED) is 0.910. The van der Waals surface area contributed by atoms with Gasteiger partial charge in [-0.2, -0.15) is 4.37 Å². The standard InChI is InChI=1S/C10H8N2O2S2/c1-6-4-7(2-3-8(6)9(13)14)15-10-11-5-12-16-10/h2-5H,1H3,(H,13,14). The van der Waals surface area contributed by atoms with E-state index in [0.29, 0.717) is 5.56 Å². The fraction of sp³-hybridized carbons (Fsp3) is 0.100. The maximum Gasteiger partial charge on any atom is 0.335 e. The Morgan fingerprint density at radius 3 is 2.88 bits per heavy atom. The van der Waals surface area contributed by atoms with Crippen LogP contribution in [0.2, 0.25) is 0 Å². The Kier molecular flexibility index (Phi) is 3.21. The van der Waals surface area contributed by atoms with Crippen LogP contribution in [-0.2, 0) is 0 Å². The molecule has 1 N–H and O–H groups in total. The lowest BCUT2D eigenvalue weighted by molar-refractivity contribution is 0.0696. The van der Waals surface area contributed by atoms with Crippen molar-refractivity contribution in [2.45, 2.75) is 16.2 Å². The van der Waals surface area contributed by atoms with Gasteiger partial charge in [-0.25, -0.2) is 9.78 Å². The Morgan fingerprint density at radius 2 is 2.31 bits per heavy atom. The minimum Gasteiger partial charge on any atom is -0.478 e. The molecule has 0 saturated carbocycles. The molecule has 0 atom stereocenters. The van der Waals surface area contributed by atoms with Gasteiger partial charge >= 0.3 is 5.97 Å². The first-order valence-corrected chi connectivity index (χ1v) is 6.04. The molecule has 0 fully saturated rings. The number of carboxylic acid groups (broad SMARTS) is 1. The van der Waals surface area contributed by atoms with Crippen molar-refractivity contribution < 1.29 is 9.90 Å². The third kappa shape index (κ3) is 2.40. The second kappa shape index (κ2) is 4.63. The van der Waals surface area contributed by atoms with Crippen LogP contribution in [0.3, 0.4) is 0 Å². The molecule has 2 rings (SSSR count). The molecule has 0 spiro atoms. The average Bonchev–Trinajstić information content (AvgIpc) is 2.70. The summed E-state index contributed by atoms with van der Waals surface area (Å²) in [6.45, 7) is 1.79. The summed E-state index contributed by atoms with van der Waals surface area (Å²) in [7, 11) is 0. The van der Waals surface area contributed by atoms with Gasteiger partial charge in [-0.3, -0.25) is 0 Å². The number of aromatic nitrogens is 2. The lowest BCUT2D eigenvalue weighted by Gasteiger charge is -2.02. The third-order valence-electron chi connectivity index (χ3n) is 1.97. The number of aryl methyl sites for hydroxylation is 1. The Labute approximate surface area is 101 Å². The lowest BCUT2D eigenvalue weighted by Crippen LogP contribution is -1.98. The second-order valence-electron chi connectivity index (χ2n) is 3.09. The Balaban J connectivity index is 2.24. The highest BCUT2D eigenvalue weighted by Crippen LogP contribution is 2.29. The number of benzene rings is 1. The zero-order chi connectivity index (χ0) is 11.5. The van der Waals surface area contributed by atoms with E-state index in [9.17, 15) is 4.79 Å². The first-order valence-electron chi connectivity index (χ1n) is 4.45. The summed E-state index contributed by atoms with van der Waals surface area (Å²) in [4.78, 5) is 15.8. The van der Waals surface area contributed by atoms with Crippen molar-refractivity contribution in [3.8, 4) is 0 Å². The zero-order valence-corrected chi connectivity index (χ0v) is 10.0. The second-order valence-corrected chi connectivity index (χ2v) is 5.19. The van der Waals surface area contributed by atoms with Crippen molar-refractivity contribution in [1.29, 1.82) is 0 Å². The van der Waals surface area contributed by atoms with Crippen molar-refractivity contribution in [2.75, 3.05) is 0 Å². The van der Waals surface area contributed by atoms with Gasteiger partial charge in [0.1, 0.15) is 6.33 Å². The monoisotopic (exact) mass is 252 g/mol. The SMILES string of the molecule is Cc1cc(Sc2ncns2)ccc1C(=O)O. The molecule has 0 amide bonds. The molecule has 6 heteroatoms. The number of aromatic carboxylic acids is 1. The molecule has 2 aromatic rings. The predicted molar refractivity (Wildman–Crippen MR) is 62.2 cm³/mol. The molecule has 1 heterocycles. The fourth-order valence-corrected chi connectivity index (χ4v) is 2.77. The maximum atomic E-state index is 10.8. The van der Waals surface area contributed by atoms with Gasteiger partial charge < -0.3 is 5.11 Å². The highest BCUT2D eigenvalue weighted by atomic mass is 32.2. The molecule has 0 radical (unpaired) electrons. The van der Waals surface area contributed by atoms with Crippen LogP contribution in [0.5, 0.6) is 0 Å². The highest BCUT2D eigenvalue weighted by molar-refractivity contribution is 8.01. The molecule has 0 aliphatic heterocycles.